The van der Waals surface area contributed by atoms with Gasteiger partial charge < -0.3 is 5.32 Å². The van der Waals surface area contributed by atoms with E-state index in [1.54, 1.807) is 6.20 Å². The van der Waals surface area contributed by atoms with Crippen molar-refractivity contribution >= 4 is 11.8 Å². The molecular weight excluding hydrogens is 214 g/mol. The molecule has 0 atom stereocenters. The molecule has 1 heterocycles. The Hall–Kier alpha value is -1.36. The van der Waals surface area contributed by atoms with Gasteiger partial charge in [0.2, 0.25) is 5.95 Å². The normalized spacial score (nSPS) is 16.6. The molecule has 0 radical (unpaired) electrons. The van der Waals surface area contributed by atoms with Crippen LogP contribution in [0.2, 0.25) is 0 Å². The summed E-state index contributed by atoms with van der Waals surface area (Å²) in [6.45, 7) is 5.25. The van der Waals surface area contributed by atoms with E-state index in [0.717, 1.165) is 17.9 Å². The van der Waals surface area contributed by atoms with Crippen LogP contribution < -0.4 is 16.6 Å². The number of aryl methyl sites for hydroxylation is 1. The first-order valence-electron chi connectivity index (χ1n) is 6.23. The minimum absolute atomic E-state index is 0.457. The van der Waals surface area contributed by atoms with Crippen LogP contribution in [0, 0.1) is 12.3 Å². The van der Waals surface area contributed by atoms with Crippen LogP contribution in [0.5, 0.6) is 0 Å². The van der Waals surface area contributed by atoms with Crippen molar-refractivity contribution in [2.75, 3.05) is 17.3 Å². The van der Waals surface area contributed by atoms with E-state index in [-0.39, 0.29) is 0 Å². The van der Waals surface area contributed by atoms with Gasteiger partial charge in [0.1, 0.15) is 5.82 Å². The third-order valence-corrected chi connectivity index (χ3v) is 3.47. The van der Waals surface area contributed by atoms with Crippen LogP contribution in [0.4, 0.5) is 11.8 Å². The maximum Gasteiger partial charge on any atom is 0.239 e. The molecule has 0 amide bonds. The van der Waals surface area contributed by atoms with Crippen molar-refractivity contribution in [1.29, 1.82) is 0 Å². The summed E-state index contributed by atoms with van der Waals surface area (Å²) in [4.78, 5) is 8.39. The van der Waals surface area contributed by atoms with E-state index in [0.29, 0.717) is 11.4 Å². The van der Waals surface area contributed by atoms with Crippen LogP contribution in [-0.2, 0) is 0 Å². The van der Waals surface area contributed by atoms with E-state index in [1.807, 2.05) is 6.92 Å². The molecule has 5 heteroatoms. The number of aromatic nitrogens is 2. The molecule has 0 bridgehead atoms. The number of hydrogen-bond acceptors (Lipinski definition) is 5. The molecule has 0 unspecified atom stereocenters. The minimum atomic E-state index is 0.457. The lowest BCUT2D eigenvalue weighted by Gasteiger charge is -2.16. The average molecular weight is 235 g/mol. The quantitative estimate of drug-likeness (QED) is 0.520. The molecule has 0 aliphatic heterocycles. The van der Waals surface area contributed by atoms with Crippen LogP contribution in [0.25, 0.3) is 0 Å². The van der Waals surface area contributed by atoms with Crippen molar-refractivity contribution in [3.8, 4) is 0 Å². The van der Waals surface area contributed by atoms with Gasteiger partial charge in [0, 0.05) is 18.3 Å². The molecule has 5 nitrogen and oxygen atoms in total. The van der Waals surface area contributed by atoms with Crippen LogP contribution in [0.15, 0.2) is 6.20 Å². The van der Waals surface area contributed by atoms with Gasteiger partial charge in [-0.25, -0.2) is 10.8 Å². The van der Waals surface area contributed by atoms with Gasteiger partial charge in [-0.15, -0.1) is 0 Å². The summed E-state index contributed by atoms with van der Waals surface area (Å²) < 4.78 is 0. The first kappa shape index (κ1) is 12.1. The van der Waals surface area contributed by atoms with Gasteiger partial charge in [-0.2, -0.15) is 4.98 Å². The Morgan fingerprint density at radius 1 is 1.47 bits per heavy atom. The van der Waals surface area contributed by atoms with Crippen LogP contribution in [0.1, 0.15) is 38.2 Å². The van der Waals surface area contributed by atoms with Crippen molar-refractivity contribution in [3.05, 3.63) is 11.8 Å². The number of nitrogens with one attached hydrogen (secondary N) is 2. The van der Waals surface area contributed by atoms with E-state index >= 15 is 0 Å². The summed E-state index contributed by atoms with van der Waals surface area (Å²) in [5, 5.41) is 3.43. The second-order valence-corrected chi connectivity index (χ2v) is 4.97. The fourth-order valence-electron chi connectivity index (χ4n) is 2.18. The Bertz CT molecular complexity index is 386. The summed E-state index contributed by atoms with van der Waals surface area (Å²) in [7, 11) is 0. The number of hydrogen-bond donors (Lipinski definition) is 3. The summed E-state index contributed by atoms with van der Waals surface area (Å²) >= 11 is 0. The lowest BCUT2D eigenvalue weighted by molar-refractivity contribution is 0.485. The Kier molecular flexibility index (Phi) is 3.47. The molecule has 0 spiro atoms. The highest BCUT2D eigenvalue weighted by Gasteiger charge is 2.41. The summed E-state index contributed by atoms with van der Waals surface area (Å²) in [5.74, 6) is 6.65. The van der Waals surface area contributed by atoms with Crippen molar-refractivity contribution in [3.63, 3.8) is 0 Å². The van der Waals surface area contributed by atoms with Gasteiger partial charge in [-0.05, 0) is 31.6 Å². The van der Waals surface area contributed by atoms with E-state index in [2.05, 4.69) is 27.6 Å². The molecule has 1 aromatic heterocycles. The van der Waals surface area contributed by atoms with Crippen molar-refractivity contribution in [2.24, 2.45) is 11.3 Å². The molecule has 1 aliphatic carbocycles. The second kappa shape index (κ2) is 4.87. The average Bonchev–Trinajstić information content (AvgIpc) is 3.09. The molecule has 94 valence electrons. The Labute approximate surface area is 102 Å². The predicted octanol–water partition coefficient (Wildman–Crippen LogP) is 2.06. The molecule has 1 aliphatic rings. The fraction of sp³-hybridized carbons (Fsp3) is 0.667. The van der Waals surface area contributed by atoms with Gasteiger partial charge in [0.15, 0.2) is 0 Å². The number of nitrogen functional groups attached to an aromatic ring is 1. The molecule has 2 rings (SSSR count). The zero-order chi connectivity index (χ0) is 12.3. The smallest absolute Gasteiger partial charge is 0.239 e. The highest BCUT2D eigenvalue weighted by Crippen LogP contribution is 2.49. The van der Waals surface area contributed by atoms with E-state index in [4.69, 9.17) is 5.84 Å². The molecular formula is C12H21N5. The molecule has 17 heavy (non-hydrogen) atoms. The van der Waals surface area contributed by atoms with Crippen molar-refractivity contribution in [2.45, 2.75) is 39.5 Å². The number of nitrogens with two attached hydrogens (primary N) is 1. The largest absolute Gasteiger partial charge is 0.369 e. The number of hydrazine groups is 1. The van der Waals surface area contributed by atoms with E-state index in [9.17, 15) is 0 Å². The van der Waals surface area contributed by atoms with Crippen LogP contribution in [0.3, 0.4) is 0 Å². The number of nitrogens with zero attached hydrogens (tertiary/aromatic N) is 2. The van der Waals surface area contributed by atoms with Gasteiger partial charge >= 0.3 is 0 Å². The van der Waals surface area contributed by atoms with Gasteiger partial charge in [-0.1, -0.05) is 13.3 Å². The zero-order valence-corrected chi connectivity index (χ0v) is 10.6. The highest BCUT2D eigenvalue weighted by molar-refractivity contribution is 5.46. The minimum Gasteiger partial charge on any atom is -0.369 e. The second-order valence-electron chi connectivity index (χ2n) is 4.97. The summed E-state index contributed by atoms with van der Waals surface area (Å²) in [6, 6.07) is 0. The molecule has 1 saturated carbocycles. The highest BCUT2D eigenvalue weighted by atomic mass is 15.3. The molecule has 1 aromatic rings. The van der Waals surface area contributed by atoms with Crippen molar-refractivity contribution in [1.82, 2.24) is 9.97 Å². The zero-order valence-electron chi connectivity index (χ0n) is 10.6. The third kappa shape index (κ3) is 2.85. The van der Waals surface area contributed by atoms with Gasteiger partial charge in [0.25, 0.3) is 0 Å². The van der Waals surface area contributed by atoms with Crippen molar-refractivity contribution < 1.29 is 0 Å². The van der Waals surface area contributed by atoms with Gasteiger partial charge in [0.05, 0.1) is 0 Å². The number of rotatable bonds is 6. The maximum absolute atomic E-state index is 5.31. The van der Waals surface area contributed by atoms with Crippen LogP contribution >= 0.6 is 0 Å². The Morgan fingerprint density at radius 3 is 2.82 bits per heavy atom. The summed E-state index contributed by atoms with van der Waals surface area (Å²) in [5.41, 5.74) is 4.04. The lowest BCUT2D eigenvalue weighted by atomic mass is 10.0. The molecule has 4 N–H and O–H groups in total. The lowest BCUT2D eigenvalue weighted by Crippen LogP contribution is -2.18. The maximum atomic E-state index is 5.31. The third-order valence-electron chi connectivity index (χ3n) is 3.47. The van der Waals surface area contributed by atoms with Crippen LogP contribution in [-0.4, -0.2) is 16.5 Å². The first-order chi connectivity index (χ1) is 8.19. The molecule has 0 aromatic carbocycles. The van der Waals surface area contributed by atoms with E-state index in [1.165, 1.54) is 25.7 Å². The SMILES string of the molecule is CCCC1(CNc2nc(NN)ncc2C)CC1. The molecule has 1 fully saturated rings. The Balaban J connectivity index is 1.98. The van der Waals surface area contributed by atoms with Gasteiger partial charge in [-0.3, -0.25) is 5.43 Å². The molecule has 0 saturated heterocycles. The first-order valence-corrected chi connectivity index (χ1v) is 6.23. The predicted molar refractivity (Wildman–Crippen MR) is 69.6 cm³/mol. The monoisotopic (exact) mass is 235 g/mol. The number of anilines is 2. The fourth-order valence-corrected chi connectivity index (χ4v) is 2.18. The standard InChI is InChI=1S/C12H21N5/c1-3-4-12(5-6-12)8-15-10-9(2)7-14-11(16-10)17-13/h7H,3-6,8,13H2,1-2H3,(H2,14,15,16,17). The topological polar surface area (TPSA) is 75.9 Å². The summed E-state index contributed by atoms with van der Waals surface area (Å²) in [6.07, 6.45) is 7.00. The Morgan fingerprint density at radius 2 is 2.24 bits per heavy atom. The van der Waals surface area contributed by atoms with E-state index < -0.39 is 0 Å².